The Bertz CT molecular complexity index is 373. The van der Waals surface area contributed by atoms with Gasteiger partial charge >= 0.3 is 0 Å². The van der Waals surface area contributed by atoms with Gasteiger partial charge in [-0.05, 0) is 44.1 Å². The van der Waals surface area contributed by atoms with Crippen LogP contribution in [-0.2, 0) is 5.54 Å². The first-order chi connectivity index (χ1) is 7.68. The minimum absolute atomic E-state index is 0.271. The first-order valence-electron chi connectivity index (χ1n) is 5.53. The Hall–Kier alpha value is -1.00. The molecule has 1 aromatic carbocycles. The average molecular weight is 226 g/mol. The lowest BCUT2D eigenvalue weighted by Crippen LogP contribution is -2.51. The SMILES string of the molecule is CNC1(c2ccc(F)c(F)c2)CCCNC1. The van der Waals surface area contributed by atoms with E-state index in [9.17, 15) is 8.78 Å². The number of halogens is 2. The number of rotatable bonds is 2. The minimum Gasteiger partial charge on any atom is -0.315 e. The third kappa shape index (κ3) is 1.95. The molecule has 2 N–H and O–H groups in total. The molecule has 16 heavy (non-hydrogen) atoms. The van der Waals surface area contributed by atoms with Gasteiger partial charge in [-0.25, -0.2) is 8.78 Å². The first kappa shape index (κ1) is 11.5. The lowest BCUT2D eigenvalue weighted by atomic mass is 9.83. The van der Waals surface area contributed by atoms with Gasteiger partial charge < -0.3 is 10.6 Å². The van der Waals surface area contributed by atoms with Gasteiger partial charge in [0.05, 0.1) is 5.54 Å². The molecule has 88 valence electrons. The van der Waals surface area contributed by atoms with Crippen molar-refractivity contribution in [3.8, 4) is 0 Å². The molecule has 1 atom stereocenters. The van der Waals surface area contributed by atoms with Gasteiger partial charge in [-0.15, -0.1) is 0 Å². The van der Waals surface area contributed by atoms with Crippen molar-refractivity contribution in [1.29, 1.82) is 0 Å². The van der Waals surface area contributed by atoms with Crippen LogP contribution in [0.3, 0.4) is 0 Å². The molecule has 0 saturated carbocycles. The van der Waals surface area contributed by atoms with E-state index in [1.807, 2.05) is 7.05 Å². The molecule has 0 spiro atoms. The fourth-order valence-corrected chi connectivity index (χ4v) is 2.30. The average Bonchev–Trinajstić information content (AvgIpc) is 2.33. The fraction of sp³-hybridized carbons (Fsp3) is 0.500. The second kappa shape index (κ2) is 4.47. The zero-order chi connectivity index (χ0) is 11.6. The molecule has 2 nitrogen and oxygen atoms in total. The van der Waals surface area contributed by atoms with Crippen molar-refractivity contribution in [1.82, 2.24) is 10.6 Å². The largest absolute Gasteiger partial charge is 0.315 e. The van der Waals surface area contributed by atoms with Crippen molar-refractivity contribution in [2.24, 2.45) is 0 Å². The van der Waals surface area contributed by atoms with Gasteiger partial charge in [0.25, 0.3) is 0 Å². The molecule has 0 amide bonds. The molecule has 1 fully saturated rings. The summed E-state index contributed by atoms with van der Waals surface area (Å²) in [6, 6.07) is 4.14. The van der Waals surface area contributed by atoms with Gasteiger partial charge in [0, 0.05) is 6.54 Å². The summed E-state index contributed by atoms with van der Waals surface area (Å²) in [7, 11) is 1.86. The quantitative estimate of drug-likeness (QED) is 0.803. The Kier molecular flexibility index (Phi) is 3.21. The molecule has 4 heteroatoms. The van der Waals surface area contributed by atoms with Crippen molar-refractivity contribution in [2.45, 2.75) is 18.4 Å². The van der Waals surface area contributed by atoms with E-state index in [-0.39, 0.29) is 5.54 Å². The van der Waals surface area contributed by atoms with E-state index in [0.29, 0.717) is 0 Å². The molecule has 1 unspecified atom stereocenters. The third-order valence-electron chi connectivity index (χ3n) is 3.33. The molecule has 0 bridgehead atoms. The van der Waals surface area contributed by atoms with E-state index in [1.54, 1.807) is 6.07 Å². The molecule has 2 rings (SSSR count). The summed E-state index contributed by atoms with van der Waals surface area (Å²) in [4.78, 5) is 0. The highest BCUT2D eigenvalue weighted by Gasteiger charge is 2.32. The zero-order valence-corrected chi connectivity index (χ0v) is 9.32. The maximum Gasteiger partial charge on any atom is 0.159 e. The smallest absolute Gasteiger partial charge is 0.159 e. The number of likely N-dealkylation sites (N-methyl/N-ethyl adjacent to an activating group) is 1. The number of nitrogens with one attached hydrogen (secondary N) is 2. The van der Waals surface area contributed by atoms with Crippen LogP contribution >= 0.6 is 0 Å². The fourth-order valence-electron chi connectivity index (χ4n) is 2.30. The number of piperidine rings is 1. The van der Waals surface area contributed by atoms with Gasteiger partial charge in [0.2, 0.25) is 0 Å². The van der Waals surface area contributed by atoms with Crippen molar-refractivity contribution in [3.05, 3.63) is 35.4 Å². The van der Waals surface area contributed by atoms with Gasteiger partial charge in [0.1, 0.15) is 0 Å². The summed E-state index contributed by atoms with van der Waals surface area (Å²) in [6.07, 6.45) is 1.96. The highest BCUT2D eigenvalue weighted by atomic mass is 19.2. The molecule has 0 radical (unpaired) electrons. The molecule has 0 aromatic heterocycles. The normalized spacial score (nSPS) is 25.7. The Balaban J connectivity index is 2.35. The summed E-state index contributed by atoms with van der Waals surface area (Å²) in [5.41, 5.74) is 0.536. The Morgan fingerprint density at radius 3 is 2.69 bits per heavy atom. The van der Waals surface area contributed by atoms with Crippen molar-refractivity contribution < 1.29 is 8.78 Å². The molecule has 1 aromatic rings. The monoisotopic (exact) mass is 226 g/mol. The van der Waals surface area contributed by atoms with Gasteiger partial charge in [0.15, 0.2) is 11.6 Å². The molecular formula is C12H16F2N2. The van der Waals surface area contributed by atoms with Crippen molar-refractivity contribution >= 4 is 0 Å². The lowest BCUT2D eigenvalue weighted by molar-refractivity contribution is 0.268. The molecule has 0 aliphatic carbocycles. The molecular weight excluding hydrogens is 210 g/mol. The van der Waals surface area contributed by atoms with E-state index in [4.69, 9.17) is 0 Å². The standard InChI is InChI=1S/C12H16F2N2/c1-15-12(5-2-6-16-8-12)9-3-4-10(13)11(14)7-9/h3-4,7,15-16H,2,5-6,8H2,1H3. The Morgan fingerprint density at radius 2 is 2.12 bits per heavy atom. The van der Waals surface area contributed by atoms with E-state index < -0.39 is 11.6 Å². The summed E-state index contributed by atoms with van der Waals surface area (Å²) in [5.74, 6) is -1.57. The zero-order valence-electron chi connectivity index (χ0n) is 9.32. The predicted octanol–water partition coefficient (Wildman–Crippen LogP) is 1.76. The second-order valence-electron chi connectivity index (χ2n) is 4.24. The third-order valence-corrected chi connectivity index (χ3v) is 3.33. The molecule has 1 saturated heterocycles. The molecule has 1 aliphatic heterocycles. The maximum atomic E-state index is 13.2. The van der Waals surface area contributed by atoms with Crippen LogP contribution in [0.1, 0.15) is 18.4 Å². The van der Waals surface area contributed by atoms with Crippen LogP contribution < -0.4 is 10.6 Å². The maximum absolute atomic E-state index is 13.2. The van der Waals surface area contributed by atoms with Crippen molar-refractivity contribution in [3.63, 3.8) is 0 Å². The highest BCUT2D eigenvalue weighted by Crippen LogP contribution is 2.28. The predicted molar refractivity (Wildman–Crippen MR) is 59.2 cm³/mol. The second-order valence-corrected chi connectivity index (χ2v) is 4.24. The number of benzene rings is 1. The number of hydrogen-bond donors (Lipinski definition) is 2. The summed E-state index contributed by atoms with van der Waals surface area (Å²) in [6.45, 7) is 1.72. The lowest BCUT2D eigenvalue weighted by Gasteiger charge is -2.38. The number of hydrogen-bond acceptors (Lipinski definition) is 2. The highest BCUT2D eigenvalue weighted by molar-refractivity contribution is 5.27. The summed E-state index contributed by atoms with van der Waals surface area (Å²) < 4.78 is 26.1. The van der Waals surface area contributed by atoms with E-state index in [0.717, 1.165) is 31.5 Å². The van der Waals surface area contributed by atoms with E-state index in [2.05, 4.69) is 10.6 Å². The van der Waals surface area contributed by atoms with Crippen LogP contribution in [0.5, 0.6) is 0 Å². The van der Waals surface area contributed by atoms with Crippen LogP contribution in [0.2, 0.25) is 0 Å². The van der Waals surface area contributed by atoms with Gasteiger partial charge in [-0.2, -0.15) is 0 Å². The molecule has 1 aliphatic rings. The van der Waals surface area contributed by atoms with E-state index >= 15 is 0 Å². The summed E-state index contributed by atoms with van der Waals surface area (Å²) >= 11 is 0. The molecule has 1 heterocycles. The minimum atomic E-state index is -0.793. The van der Waals surface area contributed by atoms with Crippen molar-refractivity contribution in [2.75, 3.05) is 20.1 Å². The van der Waals surface area contributed by atoms with Crippen LogP contribution in [0.15, 0.2) is 18.2 Å². The topological polar surface area (TPSA) is 24.1 Å². The van der Waals surface area contributed by atoms with Gasteiger partial charge in [-0.1, -0.05) is 6.07 Å². The van der Waals surface area contributed by atoms with Gasteiger partial charge in [-0.3, -0.25) is 0 Å². The van der Waals surface area contributed by atoms with E-state index in [1.165, 1.54) is 12.1 Å². The summed E-state index contributed by atoms with van der Waals surface area (Å²) in [5, 5.41) is 6.51. The van der Waals surface area contributed by atoms with Crippen LogP contribution in [0.4, 0.5) is 8.78 Å². The Morgan fingerprint density at radius 1 is 1.31 bits per heavy atom. The van der Waals surface area contributed by atoms with Crippen LogP contribution in [0.25, 0.3) is 0 Å². The van der Waals surface area contributed by atoms with Crippen LogP contribution in [0, 0.1) is 11.6 Å². The first-order valence-corrected chi connectivity index (χ1v) is 5.53. The Labute approximate surface area is 94.0 Å². The van der Waals surface area contributed by atoms with Crippen LogP contribution in [-0.4, -0.2) is 20.1 Å².